The van der Waals surface area contributed by atoms with Gasteiger partial charge in [0.15, 0.2) is 0 Å². The van der Waals surface area contributed by atoms with E-state index in [-0.39, 0.29) is 33.6 Å². The van der Waals surface area contributed by atoms with Gasteiger partial charge in [0.2, 0.25) is 0 Å². The predicted molar refractivity (Wildman–Crippen MR) is 242 cm³/mol. The quantitative estimate of drug-likeness (QED) is 0.0621. The number of amides is 4. The summed E-state index contributed by atoms with van der Waals surface area (Å²) in [6, 6.07) is 11.0. The van der Waals surface area contributed by atoms with E-state index < -0.39 is 147 Å². The highest BCUT2D eigenvalue weighted by atomic mass is 32.2. The molecule has 0 spiro atoms. The summed E-state index contributed by atoms with van der Waals surface area (Å²) >= 11 is 0. The molecule has 370 valence electrons. The minimum atomic E-state index is -5.41. The number of benzene rings is 6. The van der Waals surface area contributed by atoms with Crippen LogP contribution in [0.2, 0.25) is 0 Å². The Bertz CT molecular complexity index is 3770. The molecule has 6 aromatic rings. The molecular weight excluding hydrogens is 1060 g/mol. The van der Waals surface area contributed by atoms with E-state index in [0.717, 1.165) is 12.1 Å². The Labute approximate surface area is 395 Å². The van der Waals surface area contributed by atoms with E-state index in [2.05, 4.69) is 21.3 Å². The van der Waals surface area contributed by atoms with Gasteiger partial charge in [-0.15, -0.1) is 0 Å². The summed E-state index contributed by atoms with van der Waals surface area (Å²) in [7, 11) is -31.6. The van der Waals surface area contributed by atoms with Gasteiger partial charge in [-0.3, -0.25) is 46.5 Å². The normalized spacial score (nSPS) is 12.6. The first-order chi connectivity index (χ1) is 31.9. The number of fused-ring (bicyclic) bond motifs is 2. The molecule has 0 bridgehead atoms. The van der Waals surface area contributed by atoms with Crippen molar-refractivity contribution in [3.8, 4) is 0 Å². The van der Waals surface area contributed by atoms with Crippen molar-refractivity contribution in [3.63, 3.8) is 0 Å². The molecule has 26 nitrogen and oxygen atoms in total. The van der Waals surface area contributed by atoms with Gasteiger partial charge in [-0.25, -0.2) is 0 Å². The molecule has 0 fully saturated rings. The van der Waals surface area contributed by atoms with E-state index in [9.17, 15) is 97.0 Å². The molecule has 0 aromatic heterocycles. The number of hydrogen-bond donors (Lipinski definition) is 10. The molecule has 70 heavy (non-hydrogen) atoms. The van der Waals surface area contributed by atoms with Crippen molar-refractivity contribution in [1.82, 2.24) is 0 Å². The van der Waals surface area contributed by atoms with Gasteiger partial charge >= 0.3 is 11.8 Å². The smallest absolute Gasteiger partial charge is 0.314 e. The van der Waals surface area contributed by atoms with Crippen LogP contribution in [0.15, 0.2) is 114 Å². The fourth-order valence-electron chi connectivity index (χ4n) is 6.69. The molecular formula is C38H30N4O22S6. The van der Waals surface area contributed by atoms with E-state index in [1.54, 1.807) is 0 Å². The molecule has 6 aromatic carbocycles. The van der Waals surface area contributed by atoms with Crippen LogP contribution >= 0.6 is 0 Å². The number of carbonyl (C=O) groups is 4. The molecule has 0 saturated carbocycles. The van der Waals surface area contributed by atoms with Crippen LogP contribution < -0.4 is 21.3 Å². The van der Waals surface area contributed by atoms with Crippen LogP contribution in [0.5, 0.6) is 0 Å². The summed E-state index contributed by atoms with van der Waals surface area (Å²) in [6.07, 6.45) is 0. The van der Waals surface area contributed by atoms with Crippen LogP contribution in [0.1, 0.15) is 31.8 Å². The van der Waals surface area contributed by atoms with Crippen molar-refractivity contribution < 1.29 is 97.0 Å². The van der Waals surface area contributed by atoms with E-state index in [4.69, 9.17) is 0 Å². The second kappa shape index (κ2) is 18.2. The zero-order valence-corrected chi connectivity index (χ0v) is 39.6. The molecule has 0 radical (unpaired) electrons. The lowest BCUT2D eigenvalue weighted by molar-refractivity contribution is -0.132. The summed E-state index contributed by atoms with van der Waals surface area (Å²) in [5.74, 6) is -5.16. The van der Waals surface area contributed by atoms with Gasteiger partial charge < -0.3 is 21.3 Å². The summed E-state index contributed by atoms with van der Waals surface area (Å²) in [5, 5.41) is 6.14. The molecule has 0 aliphatic rings. The fraction of sp³-hybridized carbons (Fsp3) is 0.0526. The summed E-state index contributed by atoms with van der Waals surface area (Å²) in [4.78, 5) is 46.9. The number of nitrogens with one attached hydrogen (secondary N) is 4. The SMILES string of the molecule is Cc1ccc(NC(=O)C(=O)Nc2ccc(C)c(C(=O)Nc3cc(S(=O)(=O)O)cc4cc(S(=O)(=O)O)cc(S(=O)(=O)O)c34)c2)cc1C(=O)Nc1cc(S(=O)(=O)O)cc2cc(S(=O)(=O)O)cc(S(=O)(=O)O)c12. The van der Waals surface area contributed by atoms with Gasteiger partial charge in [0.05, 0.1) is 31.0 Å². The highest BCUT2D eigenvalue weighted by Crippen LogP contribution is 2.38. The maximum Gasteiger partial charge on any atom is 0.314 e. The van der Waals surface area contributed by atoms with Crippen LogP contribution in [-0.2, 0) is 70.3 Å². The zero-order chi connectivity index (χ0) is 52.4. The van der Waals surface area contributed by atoms with E-state index in [1.807, 2.05) is 0 Å². The van der Waals surface area contributed by atoms with Gasteiger partial charge in [0.25, 0.3) is 72.5 Å². The van der Waals surface area contributed by atoms with Gasteiger partial charge in [-0.1, -0.05) is 12.1 Å². The van der Waals surface area contributed by atoms with Crippen molar-refractivity contribution in [2.75, 3.05) is 21.3 Å². The second-order valence-corrected chi connectivity index (χ2v) is 23.2. The van der Waals surface area contributed by atoms with Crippen molar-refractivity contribution in [3.05, 3.63) is 107 Å². The largest absolute Gasteiger partial charge is 0.321 e. The molecule has 6 rings (SSSR count). The molecule has 4 amide bonds. The molecule has 0 atom stereocenters. The lowest BCUT2D eigenvalue weighted by Crippen LogP contribution is -2.29. The van der Waals surface area contributed by atoms with Crippen LogP contribution in [-0.4, -0.2) is 101 Å². The lowest BCUT2D eigenvalue weighted by Gasteiger charge is -2.16. The second-order valence-electron chi connectivity index (χ2n) is 14.7. The highest BCUT2D eigenvalue weighted by molar-refractivity contribution is 7.87. The Morgan fingerprint density at radius 3 is 0.929 bits per heavy atom. The number of aryl methyl sites for hydroxylation is 2. The van der Waals surface area contributed by atoms with Crippen molar-refractivity contribution >= 4 is 129 Å². The molecule has 0 aliphatic heterocycles. The van der Waals surface area contributed by atoms with E-state index >= 15 is 0 Å². The Balaban J connectivity index is 1.28. The van der Waals surface area contributed by atoms with Crippen molar-refractivity contribution in [2.24, 2.45) is 0 Å². The number of hydrogen-bond acceptors (Lipinski definition) is 16. The van der Waals surface area contributed by atoms with E-state index in [1.165, 1.54) is 38.1 Å². The number of anilines is 4. The third-order valence-corrected chi connectivity index (χ3v) is 14.9. The van der Waals surface area contributed by atoms with Crippen LogP contribution in [0, 0.1) is 13.8 Å². The minimum Gasteiger partial charge on any atom is -0.321 e. The van der Waals surface area contributed by atoms with Gasteiger partial charge in [-0.05, 0) is 109 Å². The molecule has 0 unspecified atom stereocenters. The average Bonchev–Trinajstić information content (AvgIpc) is 3.21. The van der Waals surface area contributed by atoms with Crippen molar-refractivity contribution in [1.29, 1.82) is 0 Å². The fourth-order valence-corrected chi connectivity index (χ4v) is 10.5. The van der Waals surface area contributed by atoms with Crippen LogP contribution in [0.3, 0.4) is 0 Å². The standard InChI is InChI=1S/C38H30N4O22S6/c1-17-3-5-21(11-27(17)35(43)41-29-13-23(65(47,48)49)7-19-9-25(67(53,54)55)15-31(33(19)29)69(59,60)61)39-37(45)38(46)40-22-6-4-18(2)28(12-22)36(44)42-30-14-24(66(50,51)52)8-20-10-26(68(56,57)58)16-32(34(20)30)70(62,63)64/h3-16H,1-2H3,(H,39,45)(H,40,46)(H,41,43)(H,42,44)(H,47,48,49)(H,50,51,52)(H,53,54,55)(H,56,57,58)(H,59,60,61)(H,62,63,64). The Hall–Kier alpha value is -6.82. The molecule has 32 heteroatoms. The highest BCUT2D eigenvalue weighted by Gasteiger charge is 2.28. The topological polar surface area (TPSA) is 443 Å². The summed E-state index contributed by atoms with van der Waals surface area (Å²) < 4.78 is 204. The van der Waals surface area contributed by atoms with Crippen molar-refractivity contribution in [2.45, 2.75) is 43.2 Å². The van der Waals surface area contributed by atoms with E-state index in [0.29, 0.717) is 48.5 Å². The average molecular weight is 1090 g/mol. The maximum absolute atomic E-state index is 13.7. The molecule has 0 heterocycles. The van der Waals surface area contributed by atoms with Gasteiger partial charge in [-0.2, -0.15) is 50.5 Å². The minimum absolute atomic E-state index is 0.138. The number of carbonyl (C=O) groups excluding carboxylic acids is 4. The molecule has 0 saturated heterocycles. The van der Waals surface area contributed by atoms with Crippen LogP contribution in [0.25, 0.3) is 21.5 Å². The first-order valence-corrected chi connectivity index (χ1v) is 27.1. The van der Waals surface area contributed by atoms with Gasteiger partial charge in [0, 0.05) is 33.3 Å². The third-order valence-electron chi connectivity index (χ3n) is 9.85. The first kappa shape index (κ1) is 52.5. The Morgan fingerprint density at radius 1 is 0.371 bits per heavy atom. The Kier molecular flexibility index (Phi) is 13.6. The molecule has 10 N–H and O–H groups in total. The first-order valence-electron chi connectivity index (χ1n) is 18.5. The third kappa shape index (κ3) is 11.4. The predicted octanol–water partition coefficient (Wildman–Crippen LogP) is 3.17. The van der Waals surface area contributed by atoms with Gasteiger partial charge in [0.1, 0.15) is 9.79 Å². The summed E-state index contributed by atoms with van der Waals surface area (Å²) in [5.41, 5.74) is -2.36. The zero-order valence-electron chi connectivity index (χ0n) is 34.7. The monoisotopic (exact) mass is 1090 g/mol. The lowest BCUT2D eigenvalue weighted by atomic mass is 10.1. The summed E-state index contributed by atoms with van der Waals surface area (Å²) in [6.45, 7) is 2.74. The molecule has 0 aliphatic carbocycles. The number of rotatable bonds is 12. The Morgan fingerprint density at radius 2 is 0.657 bits per heavy atom. The van der Waals surface area contributed by atoms with Crippen LogP contribution in [0.4, 0.5) is 22.7 Å². The maximum atomic E-state index is 13.7.